The molecule has 1 aromatic heterocycles. The van der Waals surface area contributed by atoms with Crippen molar-refractivity contribution in [3.63, 3.8) is 0 Å². The molecule has 1 saturated heterocycles. The zero-order chi connectivity index (χ0) is 16.9. The molecule has 0 aliphatic carbocycles. The van der Waals surface area contributed by atoms with Crippen molar-refractivity contribution in [1.29, 1.82) is 5.26 Å². The molecule has 122 valence electrons. The highest BCUT2D eigenvalue weighted by Gasteiger charge is 2.29. The number of hydrogen-bond acceptors (Lipinski definition) is 4. The summed E-state index contributed by atoms with van der Waals surface area (Å²) in [5.74, 6) is -0.337. The normalized spacial score (nSPS) is 17.1. The third-order valence-electron chi connectivity index (χ3n) is 4.07. The predicted molar refractivity (Wildman–Crippen MR) is 92.7 cm³/mol. The van der Waals surface area contributed by atoms with E-state index in [0.717, 1.165) is 12.8 Å². The zero-order valence-electron chi connectivity index (χ0n) is 13.1. The lowest BCUT2D eigenvalue weighted by atomic mass is 9.96. The van der Waals surface area contributed by atoms with Crippen molar-refractivity contribution in [3.8, 4) is 6.07 Å². The van der Waals surface area contributed by atoms with Crippen LogP contribution in [0.4, 0.5) is 5.69 Å². The first-order valence-electron chi connectivity index (χ1n) is 7.81. The fourth-order valence-electron chi connectivity index (χ4n) is 2.84. The van der Waals surface area contributed by atoms with Crippen molar-refractivity contribution in [2.24, 2.45) is 5.92 Å². The fraction of sp³-hybridized carbons (Fsp3) is 0.278. The maximum Gasteiger partial charge on any atom is 0.263 e. The SMILES string of the molecule is N#Cc1cccc(NC(=O)[C@H]2CCCN(C(=O)c3cccs3)C2)c1. The Hall–Kier alpha value is -2.65. The van der Waals surface area contributed by atoms with Crippen LogP contribution in [0.5, 0.6) is 0 Å². The van der Waals surface area contributed by atoms with Gasteiger partial charge in [0.15, 0.2) is 0 Å². The van der Waals surface area contributed by atoms with Gasteiger partial charge in [0.25, 0.3) is 5.91 Å². The summed E-state index contributed by atoms with van der Waals surface area (Å²) in [6.07, 6.45) is 1.57. The monoisotopic (exact) mass is 339 g/mol. The number of benzene rings is 1. The molecule has 1 aromatic carbocycles. The summed E-state index contributed by atoms with van der Waals surface area (Å²) in [5.41, 5.74) is 1.12. The molecule has 0 unspecified atom stereocenters. The van der Waals surface area contributed by atoms with Crippen LogP contribution in [0.25, 0.3) is 0 Å². The molecule has 6 heteroatoms. The second kappa shape index (κ2) is 7.28. The molecule has 0 radical (unpaired) electrons. The highest BCUT2D eigenvalue weighted by molar-refractivity contribution is 7.12. The molecule has 1 aliphatic heterocycles. The van der Waals surface area contributed by atoms with Gasteiger partial charge >= 0.3 is 0 Å². The minimum absolute atomic E-state index is 0.00558. The van der Waals surface area contributed by atoms with Crippen LogP contribution in [0.2, 0.25) is 0 Å². The summed E-state index contributed by atoms with van der Waals surface area (Å²) in [6.45, 7) is 1.12. The van der Waals surface area contributed by atoms with E-state index in [1.54, 1.807) is 29.2 Å². The molecule has 1 fully saturated rings. The van der Waals surface area contributed by atoms with Crippen LogP contribution < -0.4 is 5.32 Å². The van der Waals surface area contributed by atoms with E-state index in [1.807, 2.05) is 17.5 Å². The maximum atomic E-state index is 12.5. The van der Waals surface area contributed by atoms with Gasteiger partial charge in [-0.25, -0.2) is 0 Å². The number of anilines is 1. The molecule has 1 aliphatic rings. The Bertz CT molecular complexity index is 780. The first-order chi connectivity index (χ1) is 11.7. The van der Waals surface area contributed by atoms with Crippen molar-refractivity contribution in [3.05, 3.63) is 52.2 Å². The van der Waals surface area contributed by atoms with Crippen molar-refractivity contribution in [1.82, 2.24) is 4.90 Å². The van der Waals surface area contributed by atoms with E-state index < -0.39 is 0 Å². The van der Waals surface area contributed by atoms with Crippen LogP contribution in [0.3, 0.4) is 0 Å². The second-order valence-electron chi connectivity index (χ2n) is 5.75. The number of rotatable bonds is 3. The zero-order valence-corrected chi connectivity index (χ0v) is 13.9. The minimum atomic E-state index is -0.228. The number of piperidine rings is 1. The summed E-state index contributed by atoms with van der Waals surface area (Å²) >= 11 is 1.42. The molecule has 0 spiro atoms. The van der Waals surface area contributed by atoms with Gasteiger partial charge in [0.1, 0.15) is 0 Å². The number of nitrogens with one attached hydrogen (secondary N) is 1. The largest absolute Gasteiger partial charge is 0.337 e. The average Bonchev–Trinajstić information content (AvgIpc) is 3.16. The number of nitrogens with zero attached hydrogens (tertiary/aromatic N) is 2. The van der Waals surface area contributed by atoms with Gasteiger partial charge in [0.05, 0.1) is 22.4 Å². The highest BCUT2D eigenvalue weighted by Crippen LogP contribution is 2.22. The number of nitriles is 1. The summed E-state index contributed by atoms with van der Waals surface area (Å²) in [4.78, 5) is 27.4. The summed E-state index contributed by atoms with van der Waals surface area (Å²) in [7, 11) is 0. The molecular weight excluding hydrogens is 322 g/mol. The number of thiophene rings is 1. The van der Waals surface area contributed by atoms with Crippen LogP contribution in [0.15, 0.2) is 41.8 Å². The Morgan fingerprint density at radius 1 is 1.29 bits per heavy atom. The number of carbonyl (C=O) groups excluding carboxylic acids is 2. The Morgan fingerprint density at radius 3 is 2.92 bits per heavy atom. The third kappa shape index (κ3) is 3.63. The van der Waals surface area contributed by atoms with Gasteiger partial charge in [0.2, 0.25) is 5.91 Å². The summed E-state index contributed by atoms with van der Waals surface area (Å²) in [6, 6.07) is 12.6. The van der Waals surface area contributed by atoms with Gasteiger partial charge in [-0.3, -0.25) is 9.59 Å². The van der Waals surface area contributed by atoms with Crippen molar-refractivity contribution in [2.75, 3.05) is 18.4 Å². The van der Waals surface area contributed by atoms with E-state index in [4.69, 9.17) is 5.26 Å². The highest BCUT2D eigenvalue weighted by atomic mass is 32.1. The van der Waals surface area contributed by atoms with E-state index in [2.05, 4.69) is 11.4 Å². The first kappa shape index (κ1) is 16.2. The average molecular weight is 339 g/mol. The van der Waals surface area contributed by atoms with Gasteiger partial charge < -0.3 is 10.2 Å². The van der Waals surface area contributed by atoms with Gasteiger partial charge in [-0.05, 0) is 42.5 Å². The summed E-state index contributed by atoms with van der Waals surface area (Å²) < 4.78 is 0. The molecule has 5 nitrogen and oxygen atoms in total. The quantitative estimate of drug-likeness (QED) is 0.934. The molecule has 2 heterocycles. The van der Waals surface area contributed by atoms with Crippen molar-refractivity contribution >= 4 is 28.8 Å². The minimum Gasteiger partial charge on any atom is -0.337 e. The Balaban J connectivity index is 1.64. The number of hydrogen-bond donors (Lipinski definition) is 1. The number of likely N-dealkylation sites (tertiary alicyclic amines) is 1. The topological polar surface area (TPSA) is 73.2 Å². The Morgan fingerprint density at radius 2 is 2.17 bits per heavy atom. The fourth-order valence-corrected chi connectivity index (χ4v) is 3.53. The molecule has 2 amide bonds. The maximum absolute atomic E-state index is 12.5. The van der Waals surface area contributed by atoms with Crippen molar-refractivity contribution < 1.29 is 9.59 Å². The molecule has 2 aromatic rings. The van der Waals surface area contributed by atoms with E-state index in [0.29, 0.717) is 29.2 Å². The van der Waals surface area contributed by atoms with Crippen LogP contribution in [-0.2, 0) is 4.79 Å². The smallest absolute Gasteiger partial charge is 0.263 e. The van der Waals surface area contributed by atoms with E-state index in [1.165, 1.54) is 11.3 Å². The molecule has 24 heavy (non-hydrogen) atoms. The molecule has 1 N–H and O–H groups in total. The van der Waals surface area contributed by atoms with Gasteiger partial charge in [-0.2, -0.15) is 5.26 Å². The van der Waals surface area contributed by atoms with E-state index >= 15 is 0 Å². The summed E-state index contributed by atoms with van der Waals surface area (Å²) in [5, 5.41) is 13.7. The Kier molecular flexibility index (Phi) is 4.92. The van der Waals surface area contributed by atoms with Crippen LogP contribution in [0, 0.1) is 17.2 Å². The molecule has 1 atom stereocenters. The lowest BCUT2D eigenvalue weighted by Gasteiger charge is -2.31. The Labute approximate surface area is 144 Å². The van der Waals surface area contributed by atoms with Crippen LogP contribution >= 0.6 is 11.3 Å². The van der Waals surface area contributed by atoms with Gasteiger partial charge in [-0.15, -0.1) is 11.3 Å². The number of carbonyl (C=O) groups is 2. The van der Waals surface area contributed by atoms with Gasteiger partial charge in [0, 0.05) is 18.8 Å². The number of amides is 2. The van der Waals surface area contributed by atoms with Crippen LogP contribution in [-0.4, -0.2) is 29.8 Å². The first-order valence-corrected chi connectivity index (χ1v) is 8.69. The predicted octanol–water partition coefficient (Wildman–Crippen LogP) is 3.11. The molecular formula is C18H17N3O2S. The molecule has 3 rings (SSSR count). The third-order valence-corrected chi connectivity index (χ3v) is 4.93. The molecule has 0 saturated carbocycles. The van der Waals surface area contributed by atoms with Gasteiger partial charge in [-0.1, -0.05) is 12.1 Å². The molecule has 0 bridgehead atoms. The second-order valence-corrected chi connectivity index (χ2v) is 6.70. The van der Waals surface area contributed by atoms with Crippen LogP contribution in [0.1, 0.15) is 28.1 Å². The van der Waals surface area contributed by atoms with E-state index in [-0.39, 0.29) is 17.7 Å². The lowest BCUT2D eigenvalue weighted by molar-refractivity contribution is -0.121. The standard InChI is InChI=1S/C18H17N3O2S/c19-11-13-4-1-6-15(10-13)20-17(22)14-5-2-8-21(12-14)18(23)16-7-3-9-24-16/h1,3-4,6-7,9-10,14H,2,5,8,12H2,(H,20,22)/t14-/m0/s1. The van der Waals surface area contributed by atoms with Crippen molar-refractivity contribution in [2.45, 2.75) is 12.8 Å². The van der Waals surface area contributed by atoms with E-state index in [9.17, 15) is 9.59 Å². The lowest BCUT2D eigenvalue weighted by Crippen LogP contribution is -2.43.